The van der Waals surface area contributed by atoms with Gasteiger partial charge >= 0.3 is 5.97 Å². The second-order valence-electron chi connectivity index (χ2n) is 8.90. The minimum absolute atomic E-state index is 0.0395. The quantitative estimate of drug-likeness (QED) is 0.351. The topological polar surface area (TPSA) is 84.9 Å². The van der Waals surface area contributed by atoms with Crippen molar-refractivity contribution in [3.05, 3.63) is 94.5 Å². The second-order valence-corrected chi connectivity index (χ2v) is 8.90. The zero-order valence-electron chi connectivity index (χ0n) is 20.9. The zero-order valence-corrected chi connectivity index (χ0v) is 20.9. The van der Waals surface area contributed by atoms with E-state index in [0.29, 0.717) is 35.2 Å². The predicted molar refractivity (Wildman–Crippen MR) is 136 cm³/mol. The molecule has 0 aromatic heterocycles. The molecule has 0 radical (unpaired) electrons. The molecule has 184 valence electrons. The van der Waals surface area contributed by atoms with E-state index in [1.165, 1.54) is 5.56 Å². The number of aliphatic carboxylic acids is 1. The van der Waals surface area contributed by atoms with Gasteiger partial charge in [-0.15, -0.1) is 0 Å². The van der Waals surface area contributed by atoms with E-state index in [1.54, 1.807) is 49.4 Å². The lowest BCUT2D eigenvalue weighted by atomic mass is 10.0. The normalized spacial score (nSPS) is 12.6. The molecule has 0 aliphatic carbocycles. The fraction of sp³-hybridized carbons (Fsp3) is 0.310. The molecule has 3 rings (SSSR count). The van der Waals surface area contributed by atoms with Gasteiger partial charge in [0.1, 0.15) is 18.1 Å². The summed E-state index contributed by atoms with van der Waals surface area (Å²) < 4.78 is 11.8. The van der Waals surface area contributed by atoms with E-state index in [2.05, 4.69) is 43.4 Å². The van der Waals surface area contributed by atoms with Gasteiger partial charge in [0, 0.05) is 12.0 Å². The first-order valence-electron chi connectivity index (χ1n) is 11.8. The van der Waals surface area contributed by atoms with Crippen LogP contribution in [0.4, 0.5) is 0 Å². The highest BCUT2D eigenvalue weighted by atomic mass is 16.5. The van der Waals surface area contributed by atoms with Crippen LogP contribution >= 0.6 is 0 Å². The maximum atomic E-state index is 13.2. The third kappa shape index (κ3) is 6.01. The number of ether oxygens (including phenoxy) is 2. The molecule has 0 saturated carbocycles. The molecule has 35 heavy (non-hydrogen) atoms. The first-order valence-corrected chi connectivity index (χ1v) is 11.8. The van der Waals surface area contributed by atoms with Crippen molar-refractivity contribution >= 4 is 11.9 Å². The van der Waals surface area contributed by atoms with Crippen molar-refractivity contribution in [1.82, 2.24) is 5.32 Å². The molecule has 3 aromatic carbocycles. The van der Waals surface area contributed by atoms with E-state index >= 15 is 0 Å². The molecule has 1 amide bonds. The number of carboxylic acid groups (broad SMARTS) is 1. The summed E-state index contributed by atoms with van der Waals surface area (Å²) in [6.45, 7) is 10.1. The lowest BCUT2D eigenvalue weighted by Gasteiger charge is -2.30. The van der Waals surface area contributed by atoms with E-state index in [0.717, 1.165) is 11.1 Å². The Kier molecular flexibility index (Phi) is 8.18. The van der Waals surface area contributed by atoms with Crippen molar-refractivity contribution in [1.29, 1.82) is 0 Å². The van der Waals surface area contributed by atoms with Crippen LogP contribution in [0.25, 0.3) is 0 Å². The molecule has 1 unspecified atom stereocenters. The molecule has 0 spiro atoms. The van der Waals surface area contributed by atoms with Crippen LogP contribution in [0.15, 0.2) is 66.7 Å². The molecule has 6 heteroatoms. The Morgan fingerprint density at radius 1 is 0.943 bits per heavy atom. The first kappa shape index (κ1) is 25.8. The largest absolute Gasteiger partial charge is 0.489 e. The van der Waals surface area contributed by atoms with Gasteiger partial charge in [0.2, 0.25) is 0 Å². The van der Waals surface area contributed by atoms with E-state index in [4.69, 9.17) is 9.47 Å². The highest BCUT2D eigenvalue weighted by molar-refractivity contribution is 5.99. The molecule has 1 atom stereocenters. The van der Waals surface area contributed by atoms with Gasteiger partial charge in [-0.2, -0.15) is 0 Å². The number of hydrogen-bond acceptors (Lipinski definition) is 4. The Hall–Kier alpha value is -3.80. The van der Waals surface area contributed by atoms with Crippen LogP contribution in [0.2, 0.25) is 0 Å². The van der Waals surface area contributed by atoms with Gasteiger partial charge in [-0.3, -0.25) is 4.79 Å². The van der Waals surface area contributed by atoms with Crippen LogP contribution in [0.3, 0.4) is 0 Å². The summed E-state index contributed by atoms with van der Waals surface area (Å²) in [4.78, 5) is 25.3. The number of rotatable bonds is 10. The Bertz CT molecular complexity index is 1170. The van der Waals surface area contributed by atoms with Crippen molar-refractivity contribution in [2.45, 2.75) is 59.3 Å². The summed E-state index contributed by atoms with van der Waals surface area (Å²) >= 11 is 0. The maximum absolute atomic E-state index is 13.2. The molecule has 0 bridgehead atoms. The summed E-state index contributed by atoms with van der Waals surface area (Å²) in [6, 6.07) is 20.3. The molecule has 3 aromatic rings. The lowest BCUT2D eigenvalue weighted by molar-refractivity contribution is -0.158. The lowest BCUT2D eigenvalue weighted by Crippen LogP contribution is -2.58. The number of hydrogen-bond donors (Lipinski definition) is 2. The van der Waals surface area contributed by atoms with Gasteiger partial charge in [-0.05, 0) is 66.3 Å². The van der Waals surface area contributed by atoms with Crippen LogP contribution in [0.1, 0.15) is 65.7 Å². The standard InChI is InChI=1S/C29H33NO5/c1-6-29(28(32)33,35-24-10-8-7-9-11-24)30-27(31)25-16-17-26(21(5)20(25)4)34-18-22-12-14-23(15-13-22)19(2)3/h7-17,19H,6,18H2,1-5H3,(H,30,31)(H,32,33). The van der Waals surface area contributed by atoms with E-state index < -0.39 is 17.6 Å². The average Bonchev–Trinajstić information content (AvgIpc) is 2.85. The molecular formula is C29H33NO5. The number of carbonyl (C=O) groups is 2. The molecule has 0 fully saturated rings. The summed E-state index contributed by atoms with van der Waals surface area (Å²) in [5.41, 5.74) is 2.34. The zero-order chi connectivity index (χ0) is 25.6. The molecule has 0 saturated heterocycles. The van der Waals surface area contributed by atoms with E-state index in [9.17, 15) is 14.7 Å². The van der Waals surface area contributed by atoms with Crippen molar-refractivity contribution in [3.8, 4) is 11.5 Å². The van der Waals surface area contributed by atoms with Crippen molar-refractivity contribution < 1.29 is 24.2 Å². The Balaban J connectivity index is 1.77. The monoisotopic (exact) mass is 475 g/mol. The Morgan fingerprint density at radius 2 is 1.60 bits per heavy atom. The number of benzene rings is 3. The predicted octanol–water partition coefficient (Wildman–Crippen LogP) is 6.01. The number of amides is 1. The molecule has 6 nitrogen and oxygen atoms in total. The summed E-state index contributed by atoms with van der Waals surface area (Å²) in [7, 11) is 0. The van der Waals surface area contributed by atoms with Crippen LogP contribution < -0.4 is 14.8 Å². The van der Waals surface area contributed by atoms with Crippen molar-refractivity contribution in [3.63, 3.8) is 0 Å². The number of carboxylic acids is 1. The van der Waals surface area contributed by atoms with Crippen LogP contribution in [0, 0.1) is 13.8 Å². The van der Waals surface area contributed by atoms with Crippen LogP contribution in [0.5, 0.6) is 11.5 Å². The highest BCUT2D eigenvalue weighted by Gasteiger charge is 2.41. The van der Waals surface area contributed by atoms with Gasteiger partial charge in [0.15, 0.2) is 0 Å². The minimum Gasteiger partial charge on any atom is -0.489 e. The van der Waals surface area contributed by atoms with E-state index in [1.807, 2.05) is 13.8 Å². The van der Waals surface area contributed by atoms with Crippen molar-refractivity contribution in [2.24, 2.45) is 0 Å². The number of nitrogens with one attached hydrogen (secondary N) is 1. The fourth-order valence-corrected chi connectivity index (χ4v) is 3.73. The van der Waals surface area contributed by atoms with E-state index in [-0.39, 0.29) is 6.42 Å². The molecule has 0 aliphatic rings. The highest BCUT2D eigenvalue weighted by Crippen LogP contribution is 2.27. The third-order valence-electron chi connectivity index (χ3n) is 6.22. The smallest absolute Gasteiger partial charge is 0.370 e. The van der Waals surface area contributed by atoms with Gasteiger partial charge in [-0.1, -0.05) is 63.2 Å². The summed E-state index contributed by atoms with van der Waals surface area (Å²) in [6.07, 6.45) is 0.0395. The third-order valence-corrected chi connectivity index (χ3v) is 6.22. The summed E-state index contributed by atoms with van der Waals surface area (Å²) in [5, 5.41) is 12.5. The molecule has 0 aliphatic heterocycles. The second kappa shape index (κ2) is 11.1. The van der Waals surface area contributed by atoms with Gasteiger partial charge in [-0.25, -0.2) is 4.79 Å². The SMILES string of the molecule is CCC(NC(=O)c1ccc(OCc2ccc(C(C)C)cc2)c(C)c1C)(Oc1ccccc1)C(=O)O. The molecular weight excluding hydrogens is 442 g/mol. The van der Waals surface area contributed by atoms with Gasteiger partial charge < -0.3 is 19.9 Å². The fourth-order valence-electron chi connectivity index (χ4n) is 3.73. The maximum Gasteiger partial charge on any atom is 0.370 e. The molecule has 2 N–H and O–H groups in total. The molecule has 0 heterocycles. The Labute approximate surface area is 206 Å². The van der Waals surface area contributed by atoms with Crippen molar-refractivity contribution in [2.75, 3.05) is 0 Å². The first-order chi connectivity index (χ1) is 16.7. The summed E-state index contributed by atoms with van der Waals surface area (Å²) in [5.74, 6) is -0.293. The number of para-hydroxylation sites is 1. The van der Waals surface area contributed by atoms with Crippen LogP contribution in [-0.2, 0) is 11.4 Å². The van der Waals surface area contributed by atoms with Gasteiger partial charge in [0.05, 0.1) is 0 Å². The van der Waals surface area contributed by atoms with Crippen LogP contribution in [-0.4, -0.2) is 22.7 Å². The van der Waals surface area contributed by atoms with Gasteiger partial charge in [0.25, 0.3) is 11.6 Å². The number of carbonyl (C=O) groups excluding carboxylic acids is 1. The minimum atomic E-state index is -1.89. The Morgan fingerprint density at radius 3 is 2.17 bits per heavy atom. The average molecular weight is 476 g/mol.